The number of pyridine rings is 1. The maximum absolute atomic E-state index is 15.6. The maximum Gasteiger partial charge on any atom is 0.410 e. The molecule has 9 nitrogen and oxygen atoms in total. The lowest BCUT2D eigenvalue weighted by Crippen LogP contribution is -2.48. The monoisotopic (exact) mass is 578 g/mol. The molecule has 220 valence electrons. The normalized spacial score (nSPS) is 15.5. The fourth-order valence-electron chi connectivity index (χ4n) is 4.74. The third kappa shape index (κ3) is 6.52. The second-order valence-electron chi connectivity index (χ2n) is 11.1. The molecule has 1 amide bonds. The van der Waals surface area contributed by atoms with Gasteiger partial charge in [0.15, 0.2) is 0 Å². The number of anilines is 1. The number of hydrogen-bond donors (Lipinski definition) is 1. The molecule has 1 aliphatic heterocycles. The highest BCUT2D eigenvalue weighted by atomic mass is 19.1. The minimum Gasteiger partial charge on any atom is -0.444 e. The quantitative estimate of drug-likeness (QED) is 0.283. The lowest BCUT2D eigenvalue weighted by Gasteiger charge is -2.34. The molecule has 4 aromatic rings. The average molecular weight is 579 g/mol. The molecule has 11 heteroatoms. The van der Waals surface area contributed by atoms with Crippen molar-refractivity contribution in [2.45, 2.75) is 45.8 Å². The SMILES string of the molecule is Cc1ccn2c(C[C@H]3CN(C(=O)OC(C)(C)C)CCO3)c(-c3c(F)cc(NOC(=O)c4ccccc4)cc3F)nc2c1. The Kier molecular flexibility index (Phi) is 8.13. The van der Waals surface area contributed by atoms with Crippen LogP contribution in [0.2, 0.25) is 0 Å². The number of carbonyl (C=O) groups is 2. The van der Waals surface area contributed by atoms with Gasteiger partial charge < -0.3 is 23.6 Å². The second-order valence-corrected chi connectivity index (χ2v) is 11.1. The van der Waals surface area contributed by atoms with Gasteiger partial charge >= 0.3 is 12.1 Å². The molecule has 3 heterocycles. The number of nitrogens with zero attached hydrogens (tertiary/aromatic N) is 3. The van der Waals surface area contributed by atoms with Crippen LogP contribution in [0.25, 0.3) is 16.9 Å². The van der Waals surface area contributed by atoms with Gasteiger partial charge in [0.1, 0.15) is 22.9 Å². The number of carbonyl (C=O) groups excluding carboxylic acids is 2. The van der Waals surface area contributed by atoms with Crippen LogP contribution < -0.4 is 5.48 Å². The van der Waals surface area contributed by atoms with Gasteiger partial charge in [-0.2, -0.15) is 0 Å². The number of aryl methyl sites for hydroxylation is 1. The van der Waals surface area contributed by atoms with Crippen LogP contribution in [0.5, 0.6) is 0 Å². The Morgan fingerprint density at radius 3 is 2.50 bits per heavy atom. The first kappa shape index (κ1) is 29.0. The minimum atomic E-state index is -0.894. The van der Waals surface area contributed by atoms with Crippen LogP contribution in [0.4, 0.5) is 19.3 Å². The molecule has 2 aromatic carbocycles. The number of ether oxygens (including phenoxy) is 2. The van der Waals surface area contributed by atoms with Crippen LogP contribution in [0, 0.1) is 18.6 Å². The minimum absolute atomic E-state index is 0.0807. The van der Waals surface area contributed by atoms with Crippen LogP contribution >= 0.6 is 0 Å². The van der Waals surface area contributed by atoms with Crippen LogP contribution in [-0.4, -0.2) is 57.7 Å². The van der Waals surface area contributed by atoms with Crippen LogP contribution in [0.1, 0.15) is 42.4 Å². The predicted molar refractivity (Wildman–Crippen MR) is 152 cm³/mol. The Bertz CT molecular complexity index is 1590. The number of imidazole rings is 1. The largest absolute Gasteiger partial charge is 0.444 e. The molecule has 1 aliphatic rings. The summed E-state index contributed by atoms with van der Waals surface area (Å²) in [4.78, 5) is 36.1. The maximum atomic E-state index is 15.6. The zero-order valence-corrected chi connectivity index (χ0v) is 23.8. The van der Waals surface area contributed by atoms with Gasteiger partial charge in [-0.1, -0.05) is 18.2 Å². The van der Waals surface area contributed by atoms with E-state index in [1.54, 1.807) is 66.6 Å². The van der Waals surface area contributed by atoms with Crippen molar-refractivity contribution < 1.29 is 32.7 Å². The molecule has 1 fully saturated rings. The fraction of sp³-hybridized carbons (Fsp3) is 0.323. The summed E-state index contributed by atoms with van der Waals surface area (Å²) in [7, 11) is 0. The van der Waals surface area contributed by atoms with E-state index in [4.69, 9.17) is 14.3 Å². The number of aromatic nitrogens is 2. The first-order chi connectivity index (χ1) is 20.0. The third-order valence-electron chi connectivity index (χ3n) is 6.64. The van der Waals surface area contributed by atoms with Crippen LogP contribution in [-0.2, 0) is 20.7 Å². The number of hydrogen-bond acceptors (Lipinski definition) is 7. The van der Waals surface area contributed by atoms with Gasteiger partial charge in [-0.15, -0.1) is 0 Å². The first-order valence-electron chi connectivity index (χ1n) is 13.6. The van der Waals surface area contributed by atoms with Crippen molar-refractivity contribution in [1.82, 2.24) is 14.3 Å². The number of halogens is 2. The van der Waals surface area contributed by atoms with Crippen LogP contribution in [0.15, 0.2) is 60.8 Å². The summed E-state index contributed by atoms with van der Waals surface area (Å²) < 4.78 is 44.4. The van der Waals surface area contributed by atoms with E-state index in [1.807, 2.05) is 19.1 Å². The summed E-state index contributed by atoms with van der Waals surface area (Å²) in [6.07, 6.45) is 1.11. The second kappa shape index (κ2) is 11.8. The fourth-order valence-corrected chi connectivity index (χ4v) is 4.74. The Morgan fingerprint density at radius 2 is 1.81 bits per heavy atom. The van der Waals surface area contributed by atoms with Gasteiger partial charge in [0.25, 0.3) is 0 Å². The summed E-state index contributed by atoms with van der Waals surface area (Å²) in [5.41, 5.74) is 3.63. The molecule has 1 saturated heterocycles. The number of benzene rings is 2. The topological polar surface area (TPSA) is 94.4 Å². The summed E-state index contributed by atoms with van der Waals surface area (Å²) in [5.74, 6) is -2.49. The lowest BCUT2D eigenvalue weighted by atomic mass is 10.0. The number of nitrogens with one attached hydrogen (secondary N) is 1. The molecule has 2 aromatic heterocycles. The third-order valence-corrected chi connectivity index (χ3v) is 6.64. The molecule has 1 N–H and O–H groups in total. The molecule has 0 spiro atoms. The van der Waals surface area contributed by atoms with E-state index >= 15 is 8.78 Å². The Hall–Kier alpha value is -4.51. The van der Waals surface area contributed by atoms with Crippen molar-refractivity contribution in [2.75, 3.05) is 25.2 Å². The molecule has 0 aliphatic carbocycles. The molecular weight excluding hydrogens is 546 g/mol. The molecule has 5 rings (SSSR count). The molecule has 42 heavy (non-hydrogen) atoms. The van der Waals surface area contributed by atoms with E-state index in [9.17, 15) is 9.59 Å². The molecule has 1 atom stereocenters. The van der Waals surface area contributed by atoms with E-state index in [-0.39, 0.29) is 35.5 Å². The summed E-state index contributed by atoms with van der Waals surface area (Å²) >= 11 is 0. The van der Waals surface area contributed by atoms with Gasteiger partial charge in [0.2, 0.25) is 0 Å². The highest BCUT2D eigenvalue weighted by molar-refractivity contribution is 5.89. The summed E-state index contributed by atoms with van der Waals surface area (Å²) in [6, 6.07) is 14.0. The highest BCUT2D eigenvalue weighted by Crippen LogP contribution is 2.33. The number of fused-ring (bicyclic) bond motifs is 1. The standard InChI is InChI=1S/C31H32F2N4O5/c1-19-10-11-37-25(17-22-18-36(12-13-40-22)30(39)41-31(2,3)4)28(34-26(37)14-19)27-23(32)15-21(16-24(27)33)35-42-29(38)20-8-6-5-7-9-20/h5-11,14-16,22,35H,12-13,17-18H2,1-4H3/t22-/m0/s1. The molecule has 0 saturated carbocycles. The zero-order chi connectivity index (χ0) is 30.0. The van der Waals surface area contributed by atoms with Crippen LogP contribution in [0.3, 0.4) is 0 Å². The van der Waals surface area contributed by atoms with Gasteiger partial charge in [0, 0.05) is 31.3 Å². The Balaban J connectivity index is 1.42. The zero-order valence-electron chi connectivity index (χ0n) is 23.8. The smallest absolute Gasteiger partial charge is 0.410 e. The van der Waals surface area contributed by atoms with Crippen molar-refractivity contribution >= 4 is 23.4 Å². The molecule has 0 unspecified atom stereocenters. The van der Waals surface area contributed by atoms with E-state index in [2.05, 4.69) is 10.5 Å². The summed E-state index contributed by atoms with van der Waals surface area (Å²) in [5, 5.41) is 0. The highest BCUT2D eigenvalue weighted by Gasteiger charge is 2.31. The van der Waals surface area contributed by atoms with E-state index < -0.39 is 35.4 Å². The lowest BCUT2D eigenvalue weighted by molar-refractivity contribution is -0.0418. The Labute approximate surface area is 242 Å². The average Bonchev–Trinajstić information content (AvgIpc) is 3.27. The van der Waals surface area contributed by atoms with E-state index in [0.717, 1.165) is 17.7 Å². The molecule has 0 radical (unpaired) electrons. The van der Waals surface area contributed by atoms with Gasteiger partial charge in [0.05, 0.1) is 47.5 Å². The van der Waals surface area contributed by atoms with Gasteiger partial charge in [-0.3, -0.25) is 0 Å². The summed E-state index contributed by atoms with van der Waals surface area (Å²) in [6.45, 7) is 8.20. The number of morpholine rings is 1. The van der Waals surface area contributed by atoms with Crippen molar-refractivity contribution in [2.24, 2.45) is 0 Å². The molecule has 0 bridgehead atoms. The van der Waals surface area contributed by atoms with Gasteiger partial charge in [-0.25, -0.2) is 28.8 Å². The molecular formula is C31H32F2N4O5. The Morgan fingerprint density at radius 1 is 1.10 bits per heavy atom. The number of amides is 1. The predicted octanol–water partition coefficient (Wildman–Crippen LogP) is 5.95. The van der Waals surface area contributed by atoms with Crippen molar-refractivity contribution in [3.63, 3.8) is 0 Å². The van der Waals surface area contributed by atoms with E-state index in [1.165, 1.54) is 0 Å². The first-order valence-corrected chi connectivity index (χ1v) is 13.6. The van der Waals surface area contributed by atoms with Crippen molar-refractivity contribution in [3.05, 3.63) is 89.2 Å². The number of rotatable bonds is 6. The van der Waals surface area contributed by atoms with E-state index in [0.29, 0.717) is 24.5 Å². The van der Waals surface area contributed by atoms with Crippen molar-refractivity contribution in [3.8, 4) is 11.3 Å². The van der Waals surface area contributed by atoms with Crippen molar-refractivity contribution in [1.29, 1.82) is 0 Å². The van der Waals surface area contributed by atoms with Gasteiger partial charge in [-0.05, 0) is 57.5 Å².